The van der Waals surface area contributed by atoms with Crippen molar-refractivity contribution in [3.8, 4) is 0 Å². The number of rotatable bonds is 4. The van der Waals surface area contributed by atoms with Crippen LogP contribution in [0.1, 0.15) is 41.1 Å². The summed E-state index contributed by atoms with van der Waals surface area (Å²) < 4.78 is 1.99. The molecule has 0 bridgehead atoms. The quantitative estimate of drug-likeness (QED) is 0.749. The molecule has 4 rings (SSSR count). The molecule has 0 radical (unpaired) electrons. The molecule has 3 aromatic rings. The van der Waals surface area contributed by atoms with Gasteiger partial charge in [0.1, 0.15) is 0 Å². The highest BCUT2D eigenvalue weighted by atomic mass is 32.1. The lowest BCUT2D eigenvalue weighted by atomic mass is 9.70. The number of nitrogens with zero attached hydrogens (tertiary/aromatic N) is 4. The molecule has 1 aliphatic rings. The van der Waals surface area contributed by atoms with E-state index in [-0.39, 0.29) is 5.41 Å². The summed E-state index contributed by atoms with van der Waals surface area (Å²) in [7, 11) is 2.02. The van der Waals surface area contributed by atoms with Crippen molar-refractivity contribution in [1.29, 1.82) is 0 Å². The fraction of sp³-hybridized carbons (Fsp3) is 0.429. The van der Waals surface area contributed by atoms with Crippen LogP contribution in [0.2, 0.25) is 0 Å². The summed E-state index contributed by atoms with van der Waals surface area (Å²) in [4.78, 5) is 7.24. The SMILES string of the molecule is Cc1nn(C)c(C)c1CN1CCC(c2ccccc2)(c2csc(N)n2)CC1. The van der Waals surface area contributed by atoms with Crippen LogP contribution in [0.25, 0.3) is 0 Å². The molecule has 1 aliphatic heterocycles. The van der Waals surface area contributed by atoms with Gasteiger partial charge >= 0.3 is 0 Å². The highest BCUT2D eigenvalue weighted by Gasteiger charge is 2.39. The Balaban J connectivity index is 1.58. The Kier molecular flexibility index (Phi) is 4.78. The summed E-state index contributed by atoms with van der Waals surface area (Å²) in [5, 5.41) is 7.37. The molecule has 0 saturated carbocycles. The molecule has 1 aromatic carbocycles. The zero-order valence-electron chi connectivity index (χ0n) is 16.3. The van der Waals surface area contributed by atoms with Crippen molar-refractivity contribution in [3.63, 3.8) is 0 Å². The third-order valence-electron chi connectivity index (χ3n) is 6.09. The van der Waals surface area contributed by atoms with Crippen LogP contribution in [-0.4, -0.2) is 32.8 Å². The van der Waals surface area contributed by atoms with E-state index in [1.165, 1.54) is 16.8 Å². The first-order valence-corrected chi connectivity index (χ1v) is 10.4. The Bertz CT molecular complexity index is 919. The van der Waals surface area contributed by atoms with Gasteiger partial charge in [-0.05, 0) is 45.3 Å². The van der Waals surface area contributed by atoms with E-state index in [0.717, 1.165) is 43.9 Å². The van der Waals surface area contributed by atoms with Crippen molar-refractivity contribution in [1.82, 2.24) is 19.7 Å². The lowest BCUT2D eigenvalue weighted by Gasteiger charge is -2.41. The van der Waals surface area contributed by atoms with Crippen LogP contribution in [0.3, 0.4) is 0 Å². The van der Waals surface area contributed by atoms with E-state index < -0.39 is 0 Å². The number of nitrogens with two attached hydrogens (primary N) is 1. The Labute approximate surface area is 164 Å². The Morgan fingerprint density at radius 3 is 2.41 bits per heavy atom. The molecule has 2 N–H and O–H groups in total. The predicted molar refractivity (Wildman–Crippen MR) is 111 cm³/mol. The zero-order chi connectivity index (χ0) is 19.0. The van der Waals surface area contributed by atoms with Gasteiger partial charge in [0.15, 0.2) is 5.13 Å². The fourth-order valence-corrected chi connectivity index (χ4v) is 4.98. The number of benzene rings is 1. The van der Waals surface area contributed by atoms with Gasteiger partial charge in [-0.1, -0.05) is 30.3 Å². The summed E-state index contributed by atoms with van der Waals surface area (Å²) in [6.45, 7) is 7.32. The molecule has 5 nitrogen and oxygen atoms in total. The summed E-state index contributed by atoms with van der Waals surface area (Å²) in [5.41, 5.74) is 12.2. The number of aromatic nitrogens is 3. The second-order valence-corrected chi connectivity index (χ2v) is 8.46. The maximum absolute atomic E-state index is 5.98. The molecule has 3 heterocycles. The van der Waals surface area contributed by atoms with Gasteiger partial charge in [-0.15, -0.1) is 11.3 Å². The molecule has 6 heteroatoms. The van der Waals surface area contributed by atoms with Gasteiger partial charge in [-0.2, -0.15) is 5.10 Å². The van der Waals surface area contributed by atoms with E-state index in [4.69, 9.17) is 5.73 Å². The maximum atomic E-state index is 5.98. The fourth-order valence-electron chi connectivity index (χ4n) is 4.32. The maximum Gasteiger partial charge on any atom is 0.180 e. The molecular formula is C21H27N5S. The largest absolute Gasteiger partial charge is 0.375 e. The van der Waals surface area contributed by atoms with Gasteiger partial charge in [0.25, 0.3) is 0 Å². The number of nitrogen functional groups attached to an aromatic ring is 1. The molecule has 0 aliphatic carbocycles. The van der Waals surface area contributed by atoms with Crippen LogP contribution in [0, 0.1) is 13.8 Å². The highest BCUT2D eigenvalue weighted by Crippen LogP contribution is 2.42. The van der Waals surface area contributed by atoms with Crippen LogP contribution < -0.4 is 5.73 Å². The Morgan fingerprint density at radius 2 is 1.85 bits per heavy atom. The number of hydrogen-bond donors (Lipinski definition) is 1. The average Bonchev–Trinajstić information content (AvgIpc) is 3.22. The van der Waals surface area contributed by atoms with Crippen molar-refractivity contribution >= 4 is 16.5 Å². The van der Waals surface area contributed by atoms with E-state index in [9.17, 15) is 0 Å². The minimum atomic E-state index is -0.0368. The number of hydrogen-bond acceptors (Lipinski definition) is 5. The van der Waals surface area contributed by atoms with Crippen molar-refractivity contribution in [2.75, 3.05) is 18.8 Å². The molecule has 0 spiro atoms. The van der Waals surface area contributed by atoms with Crippen molar-refractivity contribution in [2.45, 2.75) is 38.6 Å². The van der Waals surface area contributed by atoms with E-state index >= 15 is 0 Å². The van der Waals surface area contributed by atoms with Crippen LogP contribution in [0.15, 0.2) is 35.7 Å². The van der Waals surface area contributed by atoms with Crippen molar-refractivity contribution in [2.24, 2.45) is 7.05 Å². The number of likely N-dealkylation sites (tertiary alicyclic amines) is 1. The standard InChI is InChI=1S/C21H27N5S/c1-15-18(16(2)25(3)24-15)13-26-11-9-21(10-12-26,17-7-5-4-6-8-17)19-14-27-20(22)23-19/h4-8,14H,9-13H2,1-3H3,(H2,22,23). The number of thiazole rings is 1. The van der Waals surface area contributed by atoms with Gasteiger partial charge in [0.2, 0.25) is 0 Å². The highest BCUT2D eigenvalue weighted by molar-refractivity contribution is 7.13. The molecule has 2 aromatic heterocycles. The number of piperidine rings is 1. The van der Waals surface area contributed by atoms with Gasteiger partial charge in [-0.3, -0.25) is 9.58 Å². The lowest BCUT2D eigenvalue weighted by Crippen LogP contribution is -2.43. The molecule has 0 unspecified atom stereocenters. The van der Waals surface area contributed by atoms with Gasteiger partial charge in [0.05, 0.1) is 11.4 Å². The third kappa shape index (κ3) is 3.28. The van der Waals surface area contributed by atoms with Crippen molar-refractivity contribution < 1.29 is 0 Å². The summed E-state index contributed by atoms with van der Waals surface area (Å²) in [6, 6.07) is 10.8. The monoisotopic (exact) mass is 381 g/mol. The van der Waals surface area contributed by atoms with E-state index in [2.05, 4.69) is 64.5 Å². The lowest BCUT2D eigenvalue weighted by molar-refractivity contribution is 0.170. The Hall–Kier alpha value is -2.18. The van der Waals surface area contributed by atoms with Gasteiger partial charge in [0, 0.05) is 35.6 Å². The van der Waals surface area contributed by atoms with Crippen LogP contribution in [-0.2, 0) is 19.0 Å². The number of anilines is 1. The van der Waals surface area contributed by atoms with Crippen molar-refractivity contribution in [3.05, 3.63) is 63.9 Å². The first-order valence-electron chi connectivity index (χ1n) is 9.48. The summed E-state index contributed by atoms with van der Waals surface area (Å²) >= 11 is 1.54. The van der Waals surface area contributed by atoms with Gasteiger partial charge in [-0.25, -0.2) is 4.98 Å². The third-order valence-corrected chi connectivity index (χ3v) is 6.76. The second kappa shape index (κ2) is 7.09. The van der Waals surface area contributed by atoms with E-state index in [0.29, 0.717) is 5.13 Å². The molecule has 27 heavy (non-hydrogen) atoms. The molecule has 142 valence electrons. The van der Waals surface area contributed by atoms with Gasteiger partial charge < -0.3 is 5.73 Å². The first kappa shape index (κ1) is 18.2. The van der Waals surface area contributed by atoms with Crippen LogP contribution in [0.5, 0.6) is 0 Å². The topological polar surface area (TPSA) is 60.0 Å². The summed E-state index contributed by atoms with van der Waals surface area (Å²) in [5.74, 6) is 0. The molecule has 0 atom stereocenters. The minimum absolute atomic E-state index is 0.0368. The summed E-state index contributed by atoms with van der Waals surface area (Å²) in [6.07, 6.45) is 2.11. The predicted octanol–water partition coefficient (Wildman–Crippen LogP) is 3.66. The molecular weight excluding hydrogens is 354 g/mol. The molecule has 0 amide bonds. The average molecular weight is 382 g/mol. The Morgan fingerprint density at radius 1 is 1.15 bits per heavy atom. The van der Waals surface area contributed by atoms with E-state index in [1.54, 1.807) is 11.3 Å². The first-order chi connectivity index (χ1) is 13.0. The molecule has 1 fully saturated rings. The second-order valence-electron chi connectivity index (χ2n) is 7.57. The zero-order valence-corrected chi connectivity index (χ0v) is 17.1. The smallest absolute Gasteiger partial charge is 0.180 e. The van der Waals surface area contributed by atoms with E-state index in [1.807, 2.05) is 11.7 Å². The molecule has 1 saturated heterocycles. The minimum Gasteiger partial charge on any atom is -0.375 e. The normalized spacial score (nSPS) is 17.3. The number of aryl methyl sites for hydroxylation is 2. The van der Waals surface area contributed by atoms with Crippen LogP contribution >= 0.6 is 11.3 Å². The van der Waals surface area contributed by atoms with Crippen LogP contribution in [0.4, 0.5) is 5.13 Å².